The Morgan fingerprint density at radius 2 is 2.08 bits per heavy atom. The van der Waals surface area contributed by atoms with Crippen LogP contribution in [0.2, 0.25) is 0 Å². The molecule has 0 unspecified atom stereocenters. The Labute approximate surface area is 150 Å². The second-order valence-electron chi connectivity index (χ2n) is 7.77. The van der Waals surface area contributed by atoms with E-state index in [-0.39, 0.29) is 23.7 Å². The summed E-state index contributed by atoms with van der Waals surface area (Å²) in [5.41, 5.74) is 2.24. The number of fused-ring (bicyclic) bond motifs is 1. The standard InChI is InChI=1S/C20H30N2O3/c1-5-17(21-19(23)22(4)16-8-10-24-11-9-16)14-6-7-18-15(12-14)13-20(2,3)25-18/h6-7,12,16-17H,5,8-11,13H2,1-4H3,(H,21,23)/t17-/m1/s1. The fourth-order valence-electron chi connectivity index (χ4n) is 3.76. The summed E-state index contributed by atoms with van der Waals surface area (Å²) in [4.78, 5) is 14.5. The van der Waals surface area contributed by atoms with Crippen LogP contribution in [0.1, 0.15) is 57.2 Å². The Morgan fingerprint density at radius 3 is 2.76 bits per heavy atom. The Hall–Kier alpha value is -1.75. The van der Waals surface area contributed by atoms with Gasteiger partial charge in [0.1, 0.15) is 11.4 Å². The lowest BCUT2D eigenvalue weighted by molar-refractivity contribution is 0.0521. The lowest BCUT2D eigenvalue weighted by atomic mass is 9.97. The van der Waals surface area contributed by atoms with Crippen LogP contribution in [-0.2, 0) is 11.2 Å². The van der Waals surface area contributed by atoms with E-state index in [0.717, 1.165) is 50.2 Å². The van der Waals surface area contributed by atoms with E-state index in [2.05, 4.69) is 38.2 Å². The van der Waals surface area contributed by atoms with Crippen molar-refractivity contribution in [3.63, 3.8) is 0 Å². The lowest BCUT2D eigenvalue weighted by Gasteiger charge is -2.32. The molecule has 1 fully saturated rings. The van der Waals surface area contributed by atoms with E-state index in [1.165, 1.54) is 5.56 Å². The van der Waals surface area contributed by atoms with Gasteiger partial charge in [0, 0.05) is 32.7 Å². The van der Waals surface area contributed by atoms with Crippen molar-refractivity contribution in [2.75, 3.05) is 20.3 Å². The van der Waals surface area contributed by atoms with Gasteiger partial charge in [0.15, 0.2) is 0 Å². The molecule has 2 aliphatic rings. The molecule has 0 radical (unpaired) electrons. The highest BCUT2D eigenvalue weighted by Crippen LogP contribution is 2.36. The molecule has 0 saturated carbocycles. The zero-order valence-electron chi connectivity index (χ0n) is 15.8. The fraction of sp³-hybridized carbons (Fsp3) is 0.650. The third kappa shape index (κ3) is 4.09. The quantitative estimate of drug-likeness (QED) is 0.905. The van der Waals surface area contributed by atoms with E-state index in [4.69, 9.17) is 9.47 Å². The van der Waals surface area contributed by atoms with Gasteiger partial charge in [-0.25, -0.2) is 4.79 Å². The highest BCUT2D eigenvalue weighted by atomic mass is 16.5. The maximum absolute atomic E-state index is 12.7. The van der Waals surface area contributed by atoms with Crippen molar-refractivity contribution in [1.82, 2.24) is 10.2 Å². The van der Waals surface area contributed by atoms with Crippen molar-refractivity contribution >= 4 is 6.03 Å². The molecule has 2 amide bonds. The zero-order valence-corrected chi connectivity index (χ0v) is 15.8. The second kappa shape index (κ2) is 7.24. The predicted molar refractivity (Wildman–Crippen MR) is 98.0 cm³/mol. The predicted octanol–water partition coefficient (Wildman–Crippen LogP) is 3.67. The van der Waals surface area contributed by atoms with Crippen molar-refractivity contribution in [3.8, 4) is 5.75 Å². The molecular formula is C20H30N2O3. The molecule has 1 aromatic rings. The Bertz CT molecular complexity index is 623. The van der Waals surface area contributed by atoms with E-state index in [9.17, 15) is 4.79 Å². The number of hydrogen-bond donors (Lipinski definition) is 1. The van der Waals surface area contributed by atoms with Gasteiger partial charge in [-0.15, -0.1) is 0 Å². The number of nitrogens with zero attached hydrogens (tertiary/aromatic N) is 1. The van der Waals surface area contributed by atoms with Crippen molar-refractivity contribution in [2.45, 2.75) is 64.1 Å². The van der Waals surface area contributed by atoms with Gasteiger partial charge in [-0.2, -0.15) is 0 Å². The molecule has 5 heteroatoms. The number of carbonyl (C=O) groups is 1. The molecule has 1 atom stereocenters. The van der Waals surface area contributed by atoms with Crippen LogP contribution in [0.4, 0.5) is 4.79 Å². The summed E-state index contributed by atoms with van der Waals surface area (Å²) in [5.74, 6) is 0.967. The number of rotatable bonds is 4. The molecule has 1 saturated heterocycles. The molecule has 0 spiro atoms. The third-order valence-electron chi connectivity index (χ3n) is 5.25. The number of benzene rings is 1. The number of carbonyl (C=O) groups excluding carboxylic acids is 1. The van der Waals surface area contributed by atoms with Crippen LogP contribution in [0.5, 0.6) is 5.75 Å². The molecule has 0 bridgehead atoms. The monoisotopic (exact) mass is 346 g/mol. The molecule has 5 nitrogen and oxygen atoms in total. The van der Waals surface area contributed by atoms with E-state index >= 15 is 0 Å². The van der Waals surface area contributed by atoms with Gasteiger partial charge < -0.3 is 19.7 Å². The summed E-state index contributed by atoms with van der Waals surface area (Å²) < 4.78 is 11.3. The van der Waals surface area contributed by atoms with Crippen LogP contribution in [0.15, 0.2) is 18.2 Å². The van der Waals surface area contributed by atoms with Gasteiger partial charge in [0.2, 0.25) is 0 Å². The molecule has 3 rings (SSSR count). The van der Waals surface area contributed by atoms with Gasteiger partial charge in [-0.05, 0) is 56.4 Å². The fourth-order valence-corrected chi connectivity index (χ4v) is 3.76. The zero-order chi connectivity index (χ0) is 18.0. The molecule has 25 heavy (non-hydrogen) atoms. The van der Waals surface area contributed by atoms with Crippen LogP contribution in [0, 0.1) is 0 Å². The van der Waals surface area contributed by atoms with E-state index in [1.807, 2.05) is 18.0 Å². The van der Waals surface area contributed by atoms with Crippen molar-refractivity contribution in [2.24, 2.45) is 0 Å². The first-order valence-electron chi connectivity index (χ1n) is 9.32. The van der Waals surface area contributed by atoms with E-state index < -0.39 is 0 Å². The largest absolute Gasteiger partial charge is 0.487 e. The molecule has 0 aromatic heterocycles. The molecule has 138 valence electrons. The highest BCUT2D eigenvalue weighted by Gasteiger charge is 2.31. The SMILES string of the molecule is CC[C@@H](NC(=O)N(C)C1CCOCC1)c1ccc2c(c1)CC(C)(C)O2. The van der Waals surface area contributed by atoms with Crippen molar-refractivity contribution in [1.29, 1.82) is 0 Å². The Kier molecular flexibility index (Phi) is 5.23. The van der Waals surface area contributed by atoms with Crippen LogP contribution < -0.4 is 10.1 Å². The minimum atomic E-state index is -0.144. The third-order valence-corrected chi connectivity index (χ3v) is 5.25. The first-order chi connectivity index (χ1) is 11.9. The molecule has 2 heterocycles. The molecule has 1 aromatic carbocycles. The summed E-state index contributed by atoms with van der Waals surface area (Å²) in [5, 5.41) is 3.20. The Morgan fingerprint density at radius 1 is 1.36 bits per heavy atom. The molecular weight excluding hydrogens is 316 g/mol. The molecule has 2 aliphatic heterocycles. The average Bonchev–Trinajstić information content (AvgIpc) is 2.92. The van der Waals surface area contributed by atoms with Gasteiger partial charge in [0.25, 0.3) is 0 Å². The van der Waals surface area contributed by atoms with Gasteiger partial charge in [-0.3, -0.25) is 0 Å². The minimum absolute atomic E-state index is 0.00386. The van der Waals surface area contributed by atoms with Crippen LogP contribution in [0.25, 0.3) is 0 Å². The summed E-state index contributed by atoms with van der Waals surface area (Å²) in [6.45, 7) is 7.79. The maximum atomic E-state index is 12.7. The van der Waals surface area contributed by atoms with Gasteiger partial charge >= 0.3 is 6.03 Å². The van der Waals surface area contributed by atoms with Crippen LogP contribution >= 0.6 is 0 Å². The smallest absolute Gasteiger partial charge is 0.317 e. The average molecular weight is 346 g/mol. The Balaban J connectivity index is 1.67. The summed E-state index contributed by atoms with van der Waals surface area (Å²) >= 11 is 0. The van der Waals surface area contributed by atoms with E-state index in [1.54, 1.807) is 0 Å². The number of hydrogen-bond acceptors (Lipinski definition) is 3. The topological polar surface area (TPSA) is 50.8 Å². The number of nitrogens with one attached hydrogen (secondary N) is 1. The number of amides is 2. The number of ether oxygens (including phenoxy) is 2. The first kappa shape index (κ1) is 18.1. The second-order valence-corrected chi connectivity index (χ2v) is 7.77. The summed E-state index contributed by atoms with van der Waals surface area (Å²) in [6.07, 6.45) is 3.58. The van der Waals surface area contributed by atoms with E-state index in [0.29, 0.717) is 0 Å². The van der Waals surface area contributed by atoms with Gasteiger partial charge in [-0.1, -0.05) is 13.0 Å². The maximum Gasteiger partial charge on any atom is 0.317 e. The normalized spacial score (nSPS) is 20.5. The van der Waals surface area contributed by atoms with Crippen LogP contribution in [-0.4, -0.2) is 42.8 Å². The van der Waals surface area contributed by atoms with Crippen molar-refractivity contribution < 1.29 is 14.3 Å². The summed E-state index contributed by atoms with van der Waals surface area (Å²) in [7, 11) is 1.89. The molecule has 0 aliphatic carbocycles. The van der Waals surface area contributed by atoms with Crippen molar-refractivity contribution in [3.05, 3.63) is 29.3 Å². The molecule has 1 N–H and O–H groups in total. The first-order valence-corrected chi connectivity index (χ1v) is 9.32. The van der Waals surface area contributed by atoms with Crippen LogP contribution in [0.3, 0.4) is 0 Å². The van der Waals surface area contributed by atoms with Gasteiger partial charge in [0.05, 0.1) is 6.04 Å². The number of urea groups is 1. The minimum Gasteiger partial charge on any atom is -0.487 e. The highest BCUT2D eigenvalue weighted by molar-refractivity contribution is 5.74. The summed E-state index contributed by atoms with van der Waals surface area (Å²) in [6, 6.07) is 6.58. The lowest BCUT2D eigenvalue weighted by Crippen LogP contribution is -2.46.